The van der Waals surface area contributed by atoms with Gasteiger partial charge < -0.3 is 0 Å². The van der Waals surface area contributed by atoms with Crippen molar-refractivity contribution < 1.29 is 0 Å². The molecule has 0 aliphatic rings. The summed E-state index contributed by atoms with van der Waals surface area (Å²) in [5.74, 6) is 0. The molecule has 1 aromatic carbocycles. The summed E-state index contributed by atoms with van der Waals surface area (Å²) < 4.78 is 0. The molecule has 1 heteroatoms. The molecule has 0 fully saturated rings. The highest BCUT2D eigenvalue weighted by atomic mass is 15.2. The van der Waals surface area contributed by atoms with Crippen molar-refractivity contribution >= 4 is 0 Å². The quantitative estimate of drug-likeness (QED) is 0.726. The molecule has 0 bridgehead atoms. The minimum atomic E-state index is 0.174. The van der Waals surface area contributed by atoms with Gasteiger partial charge in [-0.25, -0.2) is 0 Å². The summed E-state index contributed by atoms with van der Waals surface area (Å²) in [6.45, 7) is 13.8. The fraction of sp³-hybridized carbons (Fsp3) is 0.625. The van der Waals surface area contributed by atoms with Gasteiger partial charge in [-0.15, -0.1) is 0 Å². The minimum absolute atomic E-state index is 0.174. The molecule has 1 aromatic rings. The molecule has 0 radical (unpaired) electrons. The van der Waals surface area contributed by atoms with E-state index in [1.54, 1.807) is 0 Å². The molecule has 0 aliphatic heterocycles. The first-order chi connectivity index (χ1) is 7.64. The average molecular weight is 233 g/mol. The van der Waals surface area contributed by atoms with Crippen LogP contribution in [-0.2, 0) is 0 Å². The first-order valence-corrected chi connectivity index (χ1v) is 6.42. The maximum atomic E-state index is 2.47. The van der Waals surface area contributed by atoms with Crippen molar-refractivity contribution in [2.24, 2.45) is 5.41 Å². The first-order valence-electron chi connectivity index (χ1n) is 6.42. The lowest BCUT2D eigenvalue weighted by molar-refractivity contribution is 0.0469. The van der Waals surface area contributed by atoms with Crippen LogP contribution >= 0.6 is 0 Å². The summed E-state index contributed by atoms with van der Waals surface area (Å²) in [5, 5.41) is 0. The molecule has 1 atom stereocenters. The van der Waals surface area contributed by atoms with Crippen LogP contribution in [0.2, 0.25) is 0 Å². The number of hydrogen-bond acceptors (Lipinski definition) is 1. The number of rotatable bonds is 2. The molecule has 0 aliphatic carbocycles. The monoisotopic (exact) mass is 233 g/mol. The van der Waals surface area contributed by atoms with Crippen LogP contribution in [0.5, 0.6) is 0 Å². The Balaban J connectivity index is 3.15. The third-order valence-corrected chi connectivity index (χ3v) is 3.38. The van der Waals surface area contributed by atoms with Gasteiger partial charge in [0.15, 0.2) is 0 Å². The molecule has 1 rings (SSSR count). The molecule has 0 N–H and O–H groups in total. The van der Waals surface area contributed by atoms with Crippen LogP contribution in [0.3, 0.4) is 0 Å². The van der Waals surface area contributed by atoms with E-state index in [0.717, 1.165) is 0 Å². The van der Waals surface area contributed by atoms with Crippen LogP contribution in [0.25, 0.3) is 0 Å². The van der Waals surface area contributed by atoms with Gasteiger partial charge in [0.25, 0.3) is 0 Å². The van der Waals surface area contributed by atoms with Gasteiger partial charge in [-0.05, 0) is 38.8 Å². The van der Waals surface area contributed by atoms with Crippen molar-refractivity contribution in [1.82, 2.24) is 4.90 Å². The Morgan fingerprint density at radius 2 is 1.35 bits per heavy atom. The van der Waals surface area contributed by atoms with E-state index in [2.05, 4.69) is 83.8 Å². The fourth-order valence-corrected chi connectivity index (χ4v) is 2.33. The van der Waals surface area contributed by atoms with Crippen LogP contribution in [0, 0.1) is 5.41 Å². The fourth-order valence-electron chi connectivity index (χ4n) is 2.33. The molecule has 0 saturated heterocycles. The molecular formula is C16H27N. The van der Waals surface area contributed by atoms with Gasteiger partial charge in [0.1, 0.15) is 0 Å². The van der Waals surface area contributed by atoms with Gasteiger partial charge in [0.2, 0.25) is 0 Å². The molecule has 0 amide bonds. The number of benzene rings is 1. The summed E-state index contributed by atoms with van der Waals surface area (Å²) in [6, 6.07) is 11.2. The van der Waals surface area contributed by atoms with E-state index in [0.29, 0.717) is 6.04 Å². The summed E-state index contributed by atoms with van der Waals surface area (Å²) >= 11 is 0. The summed E-state index contributed by atoms with van der Waals surface area (Å²) in [4.78, 5) is 2.47. The van der Waals surface area contributed by atoms with Crippen molar-refractivity contribution in [2.75, 3.05) is 7.05 Å². The zero-order valence-electron chi connectivity index (χ0n) is 12.4. The number of nitrogens with zero attached hydrogens (tertiary/aromatic N) is 1. The van der Waals surface area contributed by atoms with Gasteiger partial charge >= 0.3 is 0 Å². The summed E-state index contributed by atoms with van der Waals surface area (Å²) in [7, 11) is 2.23. The Kier molecular flexibility index (Phi) is 4.03. The summed E-state index contributed by atoms with van der Waals surface area (Å²) in [6.07, 6.45) is 0. The van der Waals surface area contributed by atoms with E-state index < -0.39 is 0 Å². The molecule has 0 heterocycles. The van der Waals surface area contributed by atoms with Gasteiger partial charge in [-0.3, -0.25) is 4.90 Å². The van der Waals surface area contributed by atoms with E-state index in [1.807, 2.05) is 0 Å². The topological polar surface area (TPSA) is 3.24 Å². The van der Waals surface area contributed by atoms with Crippen LogP contribution < -0.4 is 0 Å². The van der Waals surface area contributed by atoms with Crippen LogP contribution in [0.4, 0.5) is 0 Å². The van der Waals surface area contributed by atoms with E-state index in [4.69, 9.17) is 0 Å². The predicted octanol–water partition coefficient (Wildman–Crippen LogP) is 4.50. The Bertz CT molecular complexity index is 340. The molecule has 17 heavy (non-hydrogen) atoms. The molecule has 1 unspecified atom stereocenters. The highest BCUT2D eigenvalue weighted by Gasteiger charge is 2.34. The molecule has 0 saturated carbocycles. The first kappa shape index (κ1) is 14.2. The van der Waals surface area contributed by atoms with Gasteiger partial charge in [-0.2, -0.15) is 0 Å². The van der Waals surface area contributed by atoms with Crippen LogP contribution in [0.1, 0.15) is 53.1 Å². The number of hydrogen-bond donors (Lipinski definition) is 0. The second-order valence-corrected chi connectivity index (χ2v) is 6.96. The SMILES string of the molecule is CN(C(c1ccccc1)C(C)(C)C)C(C)(C)C. The van der Waals surface area contributed by atoms with E-state index >= 15 is 0 Å². The van der Waals surface area contributed by atoms with Crippen LogP contribution in [-0.4, -0.2) is 17.5 Å². The molecular weight excluding hydrogens is 206 g/mol. The maximum absolute atomic E-state index is 2.47. The molecule has 96 valence electrons. The van der Waals surface area contributed by atoms with Crippen LogP contribution in [0.15, 0.2) is 30.3 Å². The average Bonchev–Trinajstić information content (AvgIpc) is 2.15. The van der Waals surface area contributed by atoms with E-state index in [-0.39, 0.29) is 11.0 Å². The Hall–Kier alpha value is -0.820. The van der Waals surface area contributed by atoms with Crippen molar-refractivity contribution in [3.63, 3.8) is 0 Å². The largest absolute Gasteiger partial charge is 0.294 e. The second-order valence-electron chi connectivity index (χ2n) is 6.96. The predicted molar refractivity (Wildman–Crippen MR) is 76.2 cm³/mol. The van der Waals surface area contributed by atoms with Crippen molar-refractivity contribution in [3.05, 3.63) is 35.9 Å². The van der Waals surface area contributed by atoms with E-state index in [9.17, 15) is 0 Å². The standard InChI is InChI=1S/C16H27N/c1-15(2,3)14(17(7)16(4,5)6)13-11-9-8-10-12-13/h8-12,14H,1-7H3. The third-order valence-electron chi connectivity index (χ3n) is 3.38. The van der Waals surface area contributed by atoms with Gasteiger partial charge in [0.05, 0.1) is 0 Å². The highest BCUT2D eigenvalue weighted by Crippen LogP contribution is 2.40. The lowest BCUT2D eigenvalue weighted by atomic mass is 9.80. The Labute approximate surface area is 107 Å². The smallest absolute Gasteiger partial charge is 0.0398 e. The second kappa shape index (κ2) is 4.81. The Morgan fingerprint density at radius 1 is 0.882 bits per heavy atom. The zero-order valence-corrected chi connectivity index (χ0v) is 12.4. The molecule has 0 spiro atoms. The molecule has 1 nitrogen and oxygen atoms in total. The van der Waals surface area contributed by atoms with E-state index in [1.165, 1.54) is 5.56 Å². The highest BCUT2D eigenvalue weighted by molar-refractivity contribution is 5.21. The van der Waals surface area contributed by atoms with Gasteiger partial charge in [-0.1, -0.05) is 51.1 Å². The Morgan fingerprint density at radius 3 is 1.71 bits per heavy atom. The normalized spacial score (nSPS) is 15.1. The van der Waals surface area contributed by atoms with Crippen molar-refractivity contribution in [1.29, 1.82) is 0 Å². The third kappa shape index (κ3) is 3.57. The maximum Gasteiger partial charge on any atom is 0.0398 e. The van der Waals surface area contributed by atoms with Crippen molar-refractivity contribution in [2.45, 2.75) is 53.1 Å². The van der Waals surface area contributed by atoms with Gasteiger partial charge in [0, 0.05) is 11.6 Å². The molecule has 0 aromatic heterocycles. The van der Waals surface area contributed by atoms with Crippen molar-refractivity contribution in [3.8, 4) is 0 Å². The summed E-state index contributed by atoms with van der Waals surface area (Å²) in [5.41, 5.74) is 1.80. The lowest BCUT2D eigenvalue weighted by Gasteiger charge is -2.45. The zero-order chi connectivity index (χ0) is 13.3. The minimum Gasteiger partial charge on any atom is -0.294 e. The lowest BCUT2D eigenvalue weighted by Crippen LogP contribution is -2.45.